The number of alkyl halides is 1. The lowest BCUT2D eigenvalue weighted by molar-refractivity contribution is -0.139. The molecule has 1 aromatic heterocycles. The van der Waals surface area contributed by atoms with Crippen molar-refractivity contribution in [2.24, 2.45) is 5.92 Å². The third kappa shape index (κ3) is 6.02. The van der Waals surface area contributed by atoms with Crippen molar-refractivity contribution >= 4 is 34.8 Å². The van der Waals surface area contributed by atoms with E-state index in [1.54, 1.807) is 17.0 Å². The third-order valence-corrected chi connectivity index (χ3v) is 5.87. The number of carbonyl (C=O) groups is 2. The highest BCUT2D eigenvalue weighted by atomic mass is 35.5. The second-order valence-corrected chi connectivity index (χ2v) is 8.27. The van der Waals surface area contributed by atoms with Crippen LogP contribution in [0.25, 0.3) is 11.3 Å². The number of piperidine rings is 1. The SMILES string of the molecule is N#Cc1ccc(-c2csc(CNC(=O)[C@H]3CCCN(C(=O)COCCCl)C3)n2)cc1. The minimum Gasteiger partial charge on any atom is -0.370 e. The Morgan fingerprint density at radius 3 is 2.90 bits per heavy atom. The molecule has 0 saturated carbocycles. The molecule has 2 amide bonds. The van der Waals surface area contributed by atoms with Crippen LogP contribution in [-0.2, 0) is 20.9 Å². The zero-order valence-corrected chi connectivity index (χ0v) is 18.0. The molecule has 0 radical (unpaired) electrons. The Balaban J connectivity index is 1.50. The molecule has 2 aromatic rings. The third-order valence-electron chi connectivity index (χ3n) is 4.87. The van der Waals surface area contributed by atoms with Gasteiger partial charge in [-0.2, -0.15) is 5.26 Å². The first-order valence-corrected chi connectivity index (χ1v) is 11.2. The molecule has 0 spiro atoms. The van der Waals surface area contributed by atoms with E-state index in [4.69, 9.17) is 21.6 Å². The van der Waals surface area contributed by atoms with Gasteiger partial charge in [0.15, 0.2) is 0 Å². The first kappa shape index (κ1) is 22.2. The first-order valence-electron chi connectivity index (χ1n) is 9.75. The summed E-state index contributed by atoms with van der Waals surface area (Å²) in [7, 11) is 0. The summed E-state index contributed by atoms with van der Waals surface area (Å²) in [5, 5.41) is 14.6. The van der Waals surface area contributed by atoms with Crippen LogP contribution >= 0.6 is 22.9 Å². The first-order chi connectivity index (χ1) is 14.6. The molecule has 2 heterocycles. The van der Waals surface area contributed by atoms with Gasteiger partial charge in [-0.15, -0.1) is 22.9 Å². The molecule has 158 valence electrons. The van der Waals surface area contributed by atoms with Crippen LogP contribution in [-0.4, -0.2) is 53.9 Å². The number of hydrogen-bond donors (Lipinski definition) is 1. The van der Waals surface area contributed by atoms with E-state index in [0.717, 1.165) is 29.1 Å². The van der Waals surface area contributed by atoms with Crippen LogP contribution in [0.2, 0.25) is 0 Å². The minimum absolute atomic E-state index is 0.00169. The topological polar surface area (TPSA) is 95.3 Å². The van der Waals surface area contributed by atoms with Gasteiger partial charge in [-0.1, -0.05) is 12.1 Å². The van der Waals surface area contributed by atoms with Crippen molar-refractivity contribution < 1.29 is 14.3 Å². The number of nitrogens with zero attached hydrogens (tertiary/aromatic N) is 3. The predicted molar refractivity (Wildman–Crippen MR) is 115 cm³/mol. The summed E-state index contributed by atoms with van der Waals surface area (Å²) in [5.74, 6) is -0.0512. The highest BCUT2D eigenvalue weighted by Gasteiger charge is 2.28. The van der Waals surface area contributed by atoms with E-state index in [1.165, 1.54) is 11.3 Å². The fourth-order valence-electron chi connectivity index (χ4n) is 3.27. The Hall–Kier alpha value is -2.47. The maximum atomic E-state index is 12.6. The molecule has 30 heavy (non-hydrogen) atoms. The van der Waals surface area contributed by atoms with Crippen LogP contribution in [0.1, 0.15) is 23.4 Å². The fraction of sp³-hybridized carbons (Fsp3) is 0.429. The van der Waals surface area contributed by atoms with Crippen LogP contribution in [0.15, 0.2) is 29.6 Å². The summed E-state index contributed by atoms with van der Waals surface area (Å²) < 4.78 is 5.20. The van der Waals surface area contributed by atoms with Gasteiger partial charge in [-0.05, 0) is 25.0 Å². The number of rotatable bonds is 8. The van der Waals surface area contributed by atoms with Crippen LogP contribution in [0.5, 0.6) is 0 Å². The van der Waals surface area contributed by atoms with E-state index in [1.807, 2.05) is 17.5 Å². The Morgan fingerprint density at radius 1 is 1.37 bits per heavy atom. The van der Waals surface area contributed by atoms with Gasteiger partial charge in [0.1, 0.15) is 11.6 Å². The Bertz CT molecular complexity index is 910. The van der Waals surface area contributed by atoms with Crippen molar-refractivity contribution in [3.8, 4) is 17.3 Å². The highest BCUT2D eigenvalue weighted by molar-refractivity contribution is 7.09. The summed E-state index contributed by atoms with van der Waals surface area (Å²) in [6, 6.07) is 9.33. The zero-order chi connectivity index (χ0) is 21.3. The molecule has 7 nitrogen and oxygen atoms in total. The minimum atomic E-state index is -0.228. The summed E-state index contributed by atoms with van der Waals surface area (Å²) in [6.45, 7) is 1.74. The second kappa shape index (κ2) is 11.1. The number of carbonyl (C=O) groups excluding carboxylic acids is 2. The molecule has 0 bridgehead atoms. The van der Waals surface area contributed by atoms with Crippen molar-refractivity contribution in [1.29, 1.82) is 5.26 Å². The number of ether oxygens (including phenoxy) is 1. The molecule has 1 fully saturated rings. The van der Waals surface area contributed by atoms with Crippen LogP contribution in [0.3, 0.4) is 0 Å². The van der Waals surface area contributed by atoms with Gasteiger partial charge in [-0.25, -0.2) is 4.98 Å². The van der Waals surface area contributed by atoms with Crippen molar-refractivity contribution in [2.45, 2.75) is 19.4 Å². The summed E-state index contributed by atoms with van der Waals surface area (Å²) in [4.78, 5) is 31.0. The van der Waals surface area contributed by atoms with Gasteiger partial charge < -0.3 is 15.0 Å². The zero-order valence-electron chi connectivity index (χ0n) is 16.5. The van der Waals surface area contributed by atoms with Crippen molar-refractivity contribution in [2.75, 3.05) is 32.2 Å². The molecule has 9 heteroatoms. The molecular formula is C21H23ClN4O3S. The molecular weight excluding hydrogens is 424 g/mol. The van der Waals surface area contributed by atoms with E-state index in [-0.39, 0.29) is 24.3 Å². The number of nitriles is 1. The number of thiazole rings is 1. The standard InChI is InChI=1S/C21H23ClN4O3S/c22-7-9-29-13-20(27)26-8-1-2-17(12-26)21(28)24-11-19-25-18(14-30-19)16-5-3-15(10-23)4-6-16/h3-6,14,17H,1-2,7-9,11-13H2,(H,24,28)/t17-/m0/s1. The average molecular weight is 447 g/mol. The van der Waals surface area contributed by atoms with Crippen LogP contribution in [0, 0.1) is 17.2 Å². The molecule has 0 aliphatic carbocycles. The number of likely N-dealkylation sites (tertiary alicyclic amines) is 1. The molecule has 1 N–H and O–H groups in total. The molecule has 1 aliphatic heterocycles. The van der Waals surface area contributed by atoms with Crippen molar-refractivity contribution in [3.63, 3.8) is 0 Å². The highest BCUT2D eigenvalue weighted by Crippen LogP contribution is 2.23. The Labute approximate surface area is 184 Å². The normalized spacial score (nSPS) is 16.1. The number of benzene rings is 1. The van der Waals surface area contributed by atoms with Gasteiger partial charge in [0.05, 0.1) is 36.4 Å². The number of hydrogen-bond acceptors (Lipinski definition) is 6. The van der Waals surface area contributed by atoms with Gasteiger partial charge >= 0.3 is 0 Å². The maximum absolute atomic E-state index is 12.6. The lowest BCUT2D eigenvalue weighted by Gasteiger charge is -2.32. The quantitative estimate of drug-likeness (QED) is 0.497. The fourth-order valence-corrected chi connectivity index (χ4v) is 4.12. The summed E-state index contributed by atoms with van der Waals surface area (Å²) in [5.41, 5.74) is 2.35. The van der Waals surface area contributed by atoms with Gasteiger partial charge in [0, 0.05) is 29.9 Å². The van der Waals surface area contributed by atoms with E-state index < -0.39 is 0 Å². The predicted octanol–water partition coefficient (Wildman–Crippen LogP) is 2.79. The molecule has 1 saturated heterocycles. The summed E-state index contributed by atoms with van der Waals surface area (Å²) in [6.07, 6.45) is 1.55. The number of aromatic nitrogens is 1. The lowest BCUT2D eigenvalue weighted by atomic mass is 9.97. The van der Waals surface area contributed by atoms with Crippen LogP contribution < -0.4 is 5.32 Å². The average Bonchev–Trinajstić information content (AvgIpc) is 3.27. The maximum Gasteiger partial charge on any atom is 0.248 e. The largest absolute Gasteiger partial charge is 0.370 e. The molecule has 3 rings (SSSR count). The van der Waals surface area contributed by atoms with Gasteiger partial charge in [0.2, 0.25) is 11.8 Å². The molecule has 0 unspecified atom stereocenters. The second-order valence-electron chi connectivity index (χ2n) is 6.95. The van der Waals surface area contributed by atoms with Gasteiger partial charge in [-0.3, -0.25) is 9.59 Å². The number of nitrogens with one attached hydrogen (secondary N) is 1. The molecule has 1 aliphatic rings. The monoisotopic (exact) mass is 446 g/mol. The molecule has 1 atom stereocenters. The smallest absolute Gasteiger partial charge is 0.248 e. The Kier molecular flexibility index (Phi) is 8.20. The van der Waals surface area contributed by atoms with E-state index in [2.05, 4.69) is 16.4 Å². The number of halogens is 1. The van der Waals surface area contributed by atoms with E-state index in [9.17, 15) is 9.59 Å². The van der Waals surface area contributed by atoms with E-state index >= 15 is 0 Å². The molecule has 1 aromatic carbocycles. The van der Waals surface area contributed by atoms with Crippen molar-refractivity contribution in [3.05, 3.63) is 40.2 Å². The number of amides is 2. The van der Waals surface area contributed by atoms with Crippen molar-refractivity contribution in [1.82, 2.24) is 15.2 Å². The van der Waals surface area contributed by atoms with Crippen LogP contribution in [0.4, 0.5) is 0 Å². The Morgan fingerprint density at radius 2 is 2.17 bits per heavy atom. The van der Waals surface area contributed by atoms with E-state index in [0.29, 0.717) is 37.7 Å². The lowest BCUT2D eigenvalue weighted by Crippen LogP contribution is -2.46. The van der Waals surface area contributed by atoms with Gasteiger partial charge in [0.25, 0.3) is 0 Å². The summed E-state index contributed by atoms with van der Waals surface area (Å²) >= 11 is 7.03.